The van der Waals surface area contributed by atoms with E-state index >= 15 is 0 Å². The zero-order valence-corrected chi connectivity index (χ0v) is 22.9. The summed E-state index contributed by atoms with van der Waals surface area (Å²) in [4.78, 5) is 46.9. The fourth-order valence-corrected chi connectivity index (χ4v) is 9.64. The molecule has 6 rings (SSSR count). The Bertz CT molecular complexity index is 1220. The zero-order chi connectivity index (χ0) is 27.7. The van der Waals surface area contributed by atoms with Gasteiger partial charge in [0, 0.05) is 24.3 Å². The maximum absolute atomic E-state index is 12.2. The summed E-state index contributed by atoms with van der Waals surface area (Å²) < 4.78 is 23.6. The molecule has 39 heavy (non-hydrogen) atoms. The van der Waals surface area contributed by atoms with Crippen LogP contribution in [0.25, 0.3) is 0 Å². The first-order valence-electron chi connectivity index (χ1n) is 14.3. The van der Waals surface area contributed by atoms with Crippen LogP contribution in [0.2, 0.25) is 0 Å². The molecule has 1 saturated heterocycles. The van der Waals surface area contributed by atoms with Crippen molar-refractivity contribution in [1.82, 2.24) is 0 Å². The monoisotopic (exact) mass is 542 g/mol. The van der Waals surface area contributed by atoms with Crippen LogP contribution < -0.4 is 5.63 Å². The molecular weight excluding hydrogens is 504 g/mol. The van der Waals surface area contributed by atoms with E-state index in [2.05, 4.69) is 13.8 Å². The Morgan fingerprint density at radius 3 is 2.51 bits per heavy atom. The SMILES string of the molecule is CC(=O)O[C@H]1[C@H]2O[C@]23[C@@H]2CC[C@@H]4C[C@@H](OC(=O)CCC(=O)O)CC[C@]4(C)[C@H]2CC[C@]3(C)[C@H]1c1ccc(=O)oc1. The molecule has 1 N–H and O–H groups in total. The quantitative estimate of drug-likeness (QED) is 0.414. The summed E-state index contributed by atoms with van der Waals surface area (Å²) in [5.74, 6) is -0.665. The van der Waals surface area contributed by atoms with Gasteiger partial charge < -0.3 is 23.7 Å². The highest BCUT2D eigenvalue weighted by Crippen LogP contribution is 2.78. The summed E-state index contributed by atoms with van der Waals surface area (Å²) in [7, 11) is 0. The van der Waals surface area contributed by atoms with Crippen molar-refractivity contribution in [2.45, 2.75) is 108 Å². The van der Waals surface area contributed by atoms with Gasteiger partial charge in [-0.25, -0.2) is 4.79 Å². The number of esters is 2. The van der Waals surface area contributed by atoms with Crippen LogP contribution in [-0.4, -0.2) is 46.9 Å². The van der Waals surface area contributed by atoms with E-state index in [1.54, 1.807) is 6.07 Å². The van der Waals surface area contributed by atoms with Gasteiger partial charge >= 0.3 is 23.5 Å². The second kappa shape index (κ2) is 9.18. The van der Waals surface area contributed by atoms with E-state index in [-0.39, 0.29) is 53.4 Å². The molecule has 0 radical (unpaired) electrons. The largest absolute Gasteiger partial charge is 0.481 e. The minimum absolute atomic E-state index is 0.0895. The topological polar surface area (TPSA) is 133 Å². The Morgan fingerprint density at radius 1 is 1.03 bits per heavy atom. The maximum atomic E-state index is 12.2. The molecule has 10 atom stereocenters. The molecule has 1 aromatic rings. The fraction of sp³-hybridized carbons (Fsp3) is 0.733. The van der Waals surface area contributed by atoms with Gasteiger partial charge in [-0.3, -0.25) is 14.4 Å². The first-order valence-corrected chi connectivity index (χ1v) is 14.3. The molecule has 212 valence electrons. The van der Waals surface area contributed by atoms with Gasteiger partial charge in [0.2, 0.25) is 0 Å². The van der Waals surface area contributed by atoms with Crippen LogP contribution >= 0.6 is 0 Å². The van der Waals surface area contributed by atoms with Crippen LogP contribution in [0.3, 0.4) is 0 Å². The zero-order valence-electron chi connectivity index (χ0n) is 22.9. The summed E-state index contributed by atoms with van der Waals surface area (Å²) in [6, 6.07) is 3.24. The van der Waals surface area contributed by atoms with Gasteiger partial charge in [0.05, 0.1) is 19.1 Å². The first-order chi connectivity index (χ1) is 18.5. The number of carboxylic acid groups (broad SMARTS) is 1. The van der Waals surface area contributed by atoms with Gasteiger partial charge in [0.25, 0.3) is 0 Å². The molecule has 0 aromatic carbocycles. The molecule has 9 heteroatoms. The summed E-state index contributed by atoms with van der Waals surface area (Å²) in [6.45, 7) is 6.10. The third kappa shape index (κ3) is 3.98. The van der Waals surface area contributed by atoms with E-state index < -0.39 is 23.7 Å². The van der Waals surface area contributed by atoms with Crippen molar-refractivity contribution >= 4 is 17.9 Å². The van der Waals surface area contributed by atoms with Gasteiger partial charge in [-0.1, -0.05) is 13.8 Å². The molecule has 0 amide bonds. The maximum Gasteiger partial charge on any atom is 0.335 e. The van der Waals surface area contributed by atoms with Crippen LogP contribution in [0.5, 0.6) is 0 Å². The molecular formula is C30H38O9. The number of epoxide rings is 1. The van der Waals surface area contributed by atoms with Gasteiger partial charge in [0.1, 0.15) is 23.9 Å². The Labute approximate surface area is 227 Å². The summed E-state index contributed by atoms with van der Waals surface area (Å²) in [6.07, 6.45) is 6.99. The standard InChI is InChI=1S/C30H38O9/c1-16(31)37-26-25(17-4-8-23(34)36-15-17)29(3)13-11-20-21(30(29)27(26)39-30)6-5-18-14-19(10-12-28(18,20)2)38-24(35)9-7-22(32)33/h4,8,15,18-21,25-27H,5-7,9-14H2,1-3H3,(H,32,33)/t18-,19+,20+,21-,25+,26-,27-,28+,29-,30-/m1/s1. The number of aliphatic carboxylic acids is 1. The lowest BCUT2D eigenvalue weighted by Gasteiger charge is -2.61. The molecule has 4 saturated carbocycles. The Balaban J connectivity index is 1.24. The van der Waals surface area contributed by atoms with Crippen molar-refractivity contribution in [3.05, 3.63) is 34.4 Å². The molecule has 1 spiro atoms. The third-order valence-electron chi connectivity index (χ3n) is 11.3. The van der Waals surface area contributed by atoms with Gasteiger partial charge in [-0.05, 0) is 79.7 Å². The lowest BCUT2D eigenvalue weighted by molar-refractivity contribution is -0.168. The average molecular weight is 543 g/mol. The van der Waals surface area contributed by atoms with Crippen LogP contribution in [-0.2, 0) is 28.6 Å². The fourth-order valence-electron chi connectivity index (χ4n) is 9.64. The number of rotatable bonds is 6. The summed E-state index contributed by atoms with van der Waals surface area (Å²) in [5, 5.41) is 8.87. The van der Waals surface area contributed by atoms with E-state index in [1.165, 1.54) is 19.3 Å². The number of ether oxygens (including phenoxy) is 3. The minimum atomic E-state index is -0.993. The van der Waals surface area contributed by atoms with Crippen molar-refractivity contribution in [3.63, 3.8) is 0 Å². The lowest BCUT2D eigenvalue weighted by atomic mass is 9.44. The Hall–Kier alpha value is -2.68. The number of carboxylic acids is 1. The average Bonchev–Trinajstić information content (AvgIpc) is 3.58. The first kappa shape index (κ1) is 26.5. The molecule has 1 aliphatic heterocycles. The minimum Gasteiger partial charge on any atom is -0.481 e. The highest BCUT2D eigenvalue weighted by atomic mass is 16.7. The second-order valence-electron chi connectivity index (χ2n) is 13.0. The van der Waals surface area contributed by atoms with Crippen molar-refractivity contribution in [1.29, 1.82) is 0 Å². The number of fused-ring (bicyclic) bond motifs is 3. The third-order valence-corrected chi connectivity index (χ3v) is 11.3. The van der Waals surface area contributed by atoms with Crippen molar-refractivity contribution in [2.24, 2.45) is 28.6 Å². The van der Waals surface area contributed by atoms with Crippen LogP contribution in [0, 0.1) is 28.6 Å². The summed E-state index contributed by atoms with van der Waals surface area (Å²) in [5.41, 5.74) is -0.0833. The van der Waals surface area contributed by atoms with E-state index in [0.29, 0.717) is 17.8 Å². The van der Waals surface area contributed by atoms with E-state index in [4.69, 9.17) is 23.7 Å². The predicted octanol–water partition coefficient (Wildman–Crippen LogP) is 4.22. The molecule has 1 aromatic heterocycles. The van der Waals surface area contributed by atoms with Crippen LogP contribution in [0.15, 0.2) is 27.6 Å². The van der Waals surface area contributed by atoms with E-state index in [9.17, 15) is 19.2 Å². The highest BCUT2D eigenvalue weighted by molar-refractivity contribution is 5.76. The number of carbonyl (C=O) groups is 3. The lowest BCUT2D eigenvalue weighted by Crippen LogP contribution is -2.58. The molecule has 2 heterocycles. The smallest absolute Gasteiger partial charge is 0.335 e. The van der Waals surface area contributed by atoms with Crippen molar-refractivity contribution in [3.8, 4) is 0 Å². The highest BCUT2D eigenvalue weighted by Gasteiger charge is 2.84. The Morgan fingerprint density at radius 2 is 1.82 bits per heavy atom. The second-order valence-corrected chi connectivity index (χ2v) is 13.0. The number of hydrogen-bond acceptors (Lipinski definition) is 8. The molecule has 9 nitrogen and oxygen atoms in total. The molecule has 5 fully saturated rings. The van der Waals surface area contributed by atoms with E-state index in [1.807, 2.05) is 0 Å². The molecule has 0 bridgehead atoms. The predicted molar refractivity (Wildman–Crippen MR) is 137 cm³/mol. The van der Waals surface area contributed by atoms with Crippen LogP contribution in [0.1, 0.15) is 90.0 Å². The van der Waals surface area contributed by atoms with Crippen molar-refractivity contribution < 1.29 is 38.1 Å². The van der Waals surface area contributed by atoms with E-state index in [0.717, 1.165) is 50.5 Å². The number of hydrogen-bond donors (Lipinski definition) is 1. The molecule has 0 unspecified atom stereocenters. The van der Waals surface area contributed by atoms with Gasteiger partial charge in [0.15, 0.2) is 0 Å². The van der Waals surface area contributed by atoms with Crippen molar-refractivity contribution in [2.75, 3.05) is 0 Å². The number of carbonyl (C=O) groups excluding carboxylic acids is 2. The normalized spacial score (nSPS) is 43.7. The van der Waals surface area contributed by atoms with Crippen LogP contribution in [0.4, 0.5) is 0 Å². The summed E-state index contributed by atoms with van der Waals surface area (Å²) >= 11 is 0. The Kier molecular flexibility index (Phi) is 6.25. The molecule has 5 aliphatic rings. The van der Waals surface area contributed by atoms with Gasteiger partial charge in [-0.15, -0.1) is 0 Å². The molecule has 4 aliphatic carbocycles. The van der Waals surface area contributed by atoms with Gasteiger partial charge in [-0.2, -0.15) is 0 Å².